The Kier molecular flexibility index (Phi) is 8.61. The van der Waals surface area contributed by atoms with Crippen LogP contribution in [-0.4, -0.2) is 97.7 Å². The smallest absolute Gasteiger partial charge is 0.353 e. The first kappa shape index (κ1) is 29.6. The van der Waals surface area contributed by atoms with Crippen molar-refractivity contribution in [2.24, 2.45) is 8.80 Å². The Bertz CT molecular complexity index is 1490. The highest BCUT2D eigenvalue weighted by Crippen LogP contribution is 2.31. The molecule has 1 atom stereocenters. The van der Waals surface area contributed by atoms with Gasteiger partial charge in [-0.1, -0.05) is 36.2 Å². The van der Waals surface area contributed by atoms with Crippen molar-refractivity contribution < 1.29 is 12.8 Å². The van der Waals surface area contributed by atoms with Crippen molar-refractivity contribution >= 4 is 56.6 Å². The molecule has 0 radical (unpaired) electrons. The maximum absolute atomic E-state index is 14.3. The molecule has 4 aliphatic rings. The third-order valence-corrected chi connectivity index (χ3v) is 9.92. The molecule has 10 nitrogen and oxygen atoms in total. The molecule has 0 bridgehead atoms. The van der Waals surface area contributed by atoms with Crippen LogP contribution in [0.1, 0.15) is 38.2 Å². The first-order valence-corrected chi connectivity index (χ1v) is 16.6. The number of pyridine rings is 1. The third-order valence-electron chi connectivity index (χ3n) is 8.59. The van der Waals surface area contributed by atoms with Crippen LogP contribution < -0.4 is 10.2 Å². The second-order valence-corrected chi connectivity index (χ2v) is 13.4. The quantitative estimate of drug-likeness (QED) is 0.502. The third kappa shape index (κ3) is 6.37. The van der Waals surface area contributed by atoms with E-state index in [4.69, 9.17) is 23.2 Å². The highest BCUT2D eigenvalue weighted by atomic mass is 35.5. The molecule has 42 heavy (non-hydrogen) atoms. The van der Waals surface area contributed by atoms with E-state index < -0.39 is 10.2 Å². The summed E-state index contributed by atoms with van der Waals surface area (Å²) in [6.45, 7) is 8.73. The molecule has 0 aliphatic carbocycles. The highest BCUT2D eigenvalue weighted by molar-refractivity contribution is 7.89. The molecule has 226 valence electrons. The van der Waals surface area contributed by atoms with Gasteiger partial charge in [-0.3, -0.25) is 9.80 Å². The van der Waals surface area contributed by atoms with Crippen LogP contribution in [0.4, 0.5) is 15.9 Å². The lowest BCUT2D eigenvalue weighted by Gasteiger charge is -2.47. The first-order valence-electron chi connectivity index (χ1n) is 14.5. The van der Waals surface area contributed by atoms with E-state index in [9.17, 15) is 12.8 Å². The molecule has 6 rings (SSSR count). The van der Waals surface area contributed by atoms with Gasteiger partial charge in [0.1, 0.15) is 11.6 Å². The maximum atomic E-state index is 14.3. The molecule has 0 unspecified atom stereocenters. The molecule has 3 saturated heterocycles. The normalized spacial score (nSPS) is 23.5. The molecule has 1 aromatic carbocycles. The fraction of sp³-hybridized carbons (Fsp3) is 0.536. The highest BCUT2D eigenvalue weighted by Gasteiger charge is 2.35. The van der Waals surface area contributed by atoms with Gasteiger partial charge < -0.3 is 15.1 Å². The fourth-order valence-electron chi connectivity index (χ4n) is 6.22. The Morgan fingerprint density at radius 2 is 1.81 bits per heavy atom. The largest absolute Gasteiger partial charge is 0.367 e. The summed E-state index contributed by atoms with van der Waals surface area (Å²) in [6.07, 6.45) is 5.76. The van der Waals surface area contributed by atoms with E-state index in [-0.39, 0.29) is 11.7 Å². The van der Waals surface area contributed by atoms with Gasteiger partial charge in [0.2, 0.25) is 0 Å². The Balaban J connectivity index is 1.05. The molecule has 5 heterocycles. The lowest BCUT2D eigenvalue weighted by Crippen LogP contribution is -2.58. The number of likely N-dealkylation sites (tertiary alicyclic amines) is 2. The zero-order valence-electron chi connectivity index (χ0n) is 23.5. The molecule has 1 N–H and O–H groups in total. The van der Waals surface area contributed by atoms with Crippen molar-refractivity contribution in [1.82, 2.24) is 19.7 Å². The Morgan fingerprint density at radius 1 is 1.02 bits per heavy atom. The van der Waals surface area contributed by atoms with E-state index in [1.54, 1.807) is 24.4 Å². The SMILES string of the molecule is CC[C@H]1CN(c2ncc(NC3=NS(=O)(=O)N=C3N3CCC3)cc2Cl)CCN1C1CCN(Cc2ccc(Cl)cc2F)CC1. The number of rotatable bonds is 6. The average Bonchev–Trinajstić information content (AvgIpc) is 3.22. The summed E-state index contributed by atoms with van der Waals surface area (Å²) in [4.78, 5) is 13.7. The molecular formula is C28H35Cl2FN8O2S. The van der Waals surface area contributed by atoms with Gasteiger partial charge in [0.05, 0.1) is 16.9 Å². The molecule has 1 aromatic heterocycles. The number of piperazine rings is 1. The lowest BCUT2D eigenvalue weighted by molar-refractivity contribution is 0.0607. The van der Waals surface area contributed by atoms with Crippen molar-refractivity contribution in [2.45, 2.75) is 51.2 Å². The maximum Gasteiger partial charge on any atom is 0.367 e. The number of nitrogens with zero attached hydrogens (tertiary/aromatic N) is 7. The lowest BCUT2D eigenvalue weighted by atomic mass is 9.97. The van der Waals surface area contributed by atoms with Gasteiger partial charge in [0.25, 0.3) is 0 Å². The summed E-state index contributed by atoms with van der Waals surface area (Å²) in [7, 11) is -3.88. The number of amidine groups is 2. The Morgan fingerprint density at radius 3 is 2.48 bits per heavy atom. The number of hydrogen-bond donors (Lipinski definition) is 1. The minimum absolute atomic E-state index is 0.198. The van der Waals surface area contributed by atoms with E-state index in [2.05, 4.69) is 40.7 Å². The van der Waals surface area contributed by atoms with Gasteiger partial charge in [0, 0.05) is 61.9 Å². The summed E-state index contributed by atoms with van der Waals surface area (Å²) in [5, 5.41) is 3.97. The molecule has 14 heteroatoms. The number of aromatic nitrogens is 1. The summed E-state index contributed by atoms with van der Waals surface area (Å²) in [5.74, 6) is 1.02. The van der Waals surface area contributed by atoms with Gasteiger partial charge in [0.15, 0.2) is 11.7 Å². The monoisotopic (exact) mass is 636 g/mol. The van der Waals surface area contributed by atoms with Gasteiger partial charge in [-0.2, -0.15) is 8.42 Å². The van der Waals surface area contributed by atoms with Crippen molar-refractivity contribution in [3.63, 3.8) is 0 Å². The molecule has 0 spiro atoms. The second-order valence-electron chi connectivity index (χ2n) is 11.3. The Hall–Kier alpha value is -2.51. The molecule has 3 fully saturated rings. The molecule has 4 aliphatic heterocycles. The van der Waals surface area contributed by atoms with Crippen molar-refractivity contribution in [1.29, 1.82) is 0 Å². The zero-order valence-corrected chi connectivity index (χ0v) is 25.8. The topological polar surface area (TPSA) is 96.7 Å². The molecule has 0 saturated carbocycles. The standard InChI is InChI=1S/C28H35Cl2FN8O2S/c1-2-22-18-38(12-13-39(22)23-6-10-36(11-7-23)17-19-4-5-20(29)14-25(19)31)27-24(30)15-21(16-32-27)33-26-28(37-8-3-9-37)35-42(40,41)34-26/h4-5,14-16,22-23H,2-3,6-13,17-18H2,1H3,(H,33,34)/t22-/m0/s1. The van der Waals surface area contributed by atoms with Crippen molar-refractivity contribution in [2.75, 3.05) is 56.0 Å². The Labute approximate surface area is 256 Å². The average molecular weight is 638 g/mol. The predicted molar refractivity (Wildman–Crippen MR) is 166 cm³/mol. The molecule has 2 aromatic rings. The van der Waals surface area contributed by atoms with E-state index in [1.165, 1.54) is 6.07 Å². The van der Waals surface area contributed by atoms with Crippen molar-refractivity contribution in [3.8, 4) is 0 Å². The first-order chi connectivity index (χ1) is 20.2. The molecular weight excluding hydrogens is 602 g/mol. The van der Waals surface area contributed by atoms with Gasteiger partial charge in [-0.15, -0.1) is 8.80 Å². The summed E-state index contributed by atoms with van der Waals surface area (Å²) in [6, 6.07) is 7.54. The van der Waals surface area contributed by atoms with Crippen LogP contribution in [-0.2, 0) is 16.8 Å². The molecule has 0 amide bonds. The van der Waals surface area contributed by atoms with Crippen LogP contribution in [0.25, 0.3) is 0 Å². The van der Waals surface area contributed by atoms with Crippen LogP contribution >= 0.6 is 23.2 Å². The summed E-state index contributed by atoms with van der Waals surface area (Å²) < 4.78 is 45.9. The fourth-order valence-corrected chi connectivity index (χ4v) is 7.48. The zero-order chi connectivity index (χ0) is 29.4. The van der Waals surface area contributed by atoms with Gasteiger partial charge >= 0.3 is 10.2 Å². The van der Waals surface area contributed by atoms with E-state index in [0.29, 0.717) is 45.8 Å². The minimum Gasteiger partial charge on any atom is -0.353 e. The second kappa shape index (κ2) is 12.2. The van der Waals surface area contributed by atoms with Gasteiger partial charge in [-0.25, -0.2) is 9.37 Å². The van der Waals surface area contributed by atoms with Crippen LogP contribution in [0.5, 0.6) is 0 Å². The predicted octanol–water partition coefficient (Wildman–Crippen LogP) is 4.27. The number of anilines is 2. The number of benzene rings is 1. The summed E-state index contributed by atoms with van der Waals surface area (Å²) in [5.41, 5.74) is 1.25. The number of piperidine rings is 1. The van der Waals surface area contributed by atoms with Crippen LogP contribution in [0.2, 0.25) is 10.0 Å². The van der Waals surface area contributed by atoms with E-state index >= 15 is 0 Å². The van der Waals surface area contributed by atoms with Gasteiger partial charge in [-0.05, 0) is 57.0 Å². The van der Waals surface area contributed by atoms with E-state index in [1.807, 2.05) is 4.90 Å². The number of hydrogen-bond acceptors (Lipinski definition) is 8. The van der Waals surface area contributed by atoms with Crippen LogP contribution in [0, 0.1) is 5.82 Å². The summed E-state index contributed by atoms with van der Waals surface area (Å²) >= 11 is 12.6. The van der Waals surface area contributed by atoms with Crippen LogP contribution in [0.15, 0.2) is 39.3 Å². The van der Waals surface area contributed by atoms with E-state index in [0.717, 1.165) is 77.3 Å². The van der Waals surface area contributed by atoms with Crippen molar-refractivity contribution in [3.05, 3.63) is 51.9 Å². The number of nitrogens with one attached hydrogen (secondary N) is 1. The minimum atomic E-state index is -3.88. The van der Waals surface area contributed by atoms with Crippen LogP contribution in [0.3, 0.4) is 0 Å². The number of halogens is 3.